The molecule has 180 valence electrons. The third kappa shape index (κ3) is 4.72. The molecule has 35 heavy (non-hydrogen) atoms. The second kappa shape index (κ2) is 9.79. The number of likely N-dealkylation sites (tertiary alicyclic amines) is 1. The number of hydrogen-bond donors (Lipinski definition) is 2. The molecule has 3 N–H and O–H groups in total. The van der Waals surface area contributed by atoms with Crippen molar-refractivity contribution in [3.63, 3.8) is 0 Å². The summed E-state index contributed by atoms with van der Waals surface area (Å²) in [5.74, 6) is -2.32. The molecular weight excluding hydrogens is 452 g/mol. The van der Waals surface area contributed by atoms with Crippen molar-refractivity contribution in [2.75, 3.05) is 32.0 Å². The third-order valence-corrected chi connectivity index (χ3v) is 6.26. The summed E-state index contributed by atoms with van der Waals surface area (Å²) in [6.45, 7) is 3.97. The highest BCUT2D eigenvalue weighted by Crippen LogP contribution is 2.29. The van der Waals surface area contributed by atoms with E-state index in [1.807, 2.05) is 6.07 Å². The number of fused-ring (bicyclic) bond motifs is 1. The van der Waals surface area contributed by atoms with Crippen LogP contribution in [0.2, 0.25) is 0 Å². The van der Waals surface area contributed by atoms with Crippen LogP contribution < -0.4 is 10.5 Å². The minimum Gasteiger partial charge on any atom is -0.478 e. The molecule has 9 heteroatoms. The second-order valence-electron chi connectivity index (χ2n) is 8.61. The van der Waals surface area contributed by atoms with Gasteiger partial charge in [-0.15, -0.1) is 0 Å². The standard InChI is InChI=1S/C26H25F2N5O2/c27-20-5-6-21(29)24(28)23(20)25(34)19-15-32-26-18(19)12-17(14-31-26)16-4-7-22(30-13-16)35-11-3-10-33-8-1-2-9-33/h4-7,12-15H,1-3,8-11,29H2,(H,31,32). The van der Waals surface area contributed by atoms with E-state index in [2.05, 4.69) is 19.9 Å². The topological polar surface area (TPSA) is 97.1 Å². The minimum absolute atomic E-state index is 0.101. The van der Waals surface area contributed by atoms with Gasteiger partial charge in [-0.25, -0.2) is 18.7 Å². The third-order valence-electron chi connectivity index (χ3n) is 6.26. The minimum atomic E-state index is -1.08. The molecule has 1 aromatic carbocycles. The number of anilines is 1. The first-order valence-electron chi connectivity index (χ1n) is 11.6. The first-order chi connectivity index (χ1) is 17.0. The number of carbonyl (C=O) groups excluding carboxylic acids is 1. The fourth-order valence-electron chi connectivity index (χ4n) is 4.37. The number of pyridine rings is 2. The Kier molecular flexibility index (Phi) is 6.41. The molecule has 0 aliphatic carbocycles. The van der Waals surface area contributed by atoms with Crippen molar-refractivity contribution in [2.45, 2.75) is 19.3 Å². The fraction of sp³-hybridized carbons (Fsp3) is 0.269. The Bertz CT molecular complexity index is 1360. The van der Waals surface area contributed by atoms with Crippen molar-refractivity contribution >= 4 is 22.5 Å². The molecule has 1 aliphatic rings. The summed E-state index contributed by atoms with van der Waals surface area (Å²) >= 11 is 0. The lowest BCUT2D eigenvalue weighted by atomic mass is 10.00. The zero-order valence-corrected chi connectivity index (χ0v) is 19.1. The van der Waals surface area contributed by atoms with E-state index in [9.17, 15) is 13.6 Å². The van der Waals surface area contributed by atoms with E-state index < -0.39 is 23.0 Å². The summed E-state index contributed by atoms with van der Waals surface area (Å²) in [4.78, 5) is 27.1. The lowest BCUT2D eigenvalue weighted by Crippen LogP contribution is -2.21. The maximum absolute atomic E-state index is 14.4. The molecule has 0 bridgehead atoms. The number of ketones is 1. The van der Waals surface area contributed by atoms with Crippen LogP contribution in [0.15, 0.2) is 48.9 Å². The number of halogens is 2. The molecule has 1 fully saturated rings. The number of nitrogen functional groups attached to an aromatic ring is 1. The Balaban J connectivity index is 1.33. The highest BCUT2D eigenvalue weighted by Gasteiger charge is 2.24. The summed E-state index contributed by atoms with van der Waals surface area (Å²) in [7, 11) is 0. The van der Waals surface area contributed by atoms with Gasteiger partial charge in [0.1, 0.15) is 11.5 Å². The van der Waals surface area contributed by atoms with Crippen LogP contribution >= 0.6 is 0 Å². The van der Waals surface area contributed by atoms with E-state index in [1.54, 1.807) is 24.5 Å². The number of nitrogens with two attached hydrogens (primary N) is 1. The molecular formula is C26H25F2N5O2. The first kappa shape index (κ1) is 22.9. The zero-order chi connectivity index (χ0) is 24.4. The number of nitrogens with zero attached hydrogens (tertiary/aromatic N) is 3. The monoisotopic (exact) mass is 477 g/mol. The van der Waals surface area contributed by atoms with Gasteiger partial charge < -0.3 is 20.4 Å². The number of nitrogens with one attached hydrogen (secondary N) is 1. The molecule has 0 atom stereocenters. The fourth-order valence-corrected chi connectivity index (χ4v) is 4.37. The maximum Gasteiger partial charge on any atom is 0.213 e. The highest BCUT2D eigenvalue weighted by atomic mass is 19.1. The molecule has 4 heterocycles. The van der Waals surface area contributed by atoms with Crippen molar-refractivity contribution in [2.24, 2.45) is 0 Å². The van der Waals surface area contributed by atoms with Crippen LogP contribution in [0.4, 0.5) is 14.5 Å². The molecule has 1 saturated heterocycles. The van der Waals surface area contributed by atoms with Gasteiger partial charge >= 0.3 is 0 Å². The van der Waals surface area contributed by atoms with E-state index in [0.29, 0.717) is 29.1 Å². The van der Waals surface area contributed by atoms with E-state index in [0.717, 1.165) is 30.7 Å². The van der Waals surface area contributed by atoms with Crippen LogP contribution in [0, 0.1) is 11.6 Å². The highest BCUT2D eigenvalue weighted by molar-refractivity contribution is 6.16. The van der Waals surface area contributed by atoms with Crippen LogP contribution in [-0.2, 0) is 0 Å². The van der Waals surface area contributed by atoms with Gasteiger partial charge in [0.15, 0.2) is 5.82 Å². The van der Waals surface area contributed by atoms with Crippen molar-refractivity contribution in [3.8, 4) is 17.0 Å². The number of aromatic amines is 1. The Morgan fingerprint density at radius 3 is 2.66 bits per heavy atom. The van der Waals surface area contributed by atoms with Gasteiger partial charge in [-0.3, -0.25) is 4.79 Å². The van der Waals surface area contributed by atoms with Gasteiger partial charge in [-0.2, -0.15) is 0 Å². The lowest BCUT2D eigenvalue weighted by Gasteiger charge is -2.14. The van der Waals surface area contributed by atoms with Gasteiger partial charge in [0.25, 0.3) is 0 Å². The van der Waals surface area contributed by atoms with Crippen LogP contribution in [0.1, 0.15) is 35.2 Å². The molecule has 0 spiro atoms. The molecule has 4 aromatic rings. The number of benzene rings is 1. The largest absolute Gasteiger partial charge is 0.478 e. The van der Waals surface area contributed by atoms with E-state index in [1.165, 1.54) is 32.1 Å². The van der Waals surface area contributed by atoms with Gasteiger partial charge in [0.05, 0.1) is 17.9 Å². The Labute approximate surface area is 200 Å². The van der Waals surface area contributed by atoms with Crippen LogP contribution in [0.25, 0.3) is 22.2 Å². The number of ether oxygens (including phenoxy) is 1. The Morgan fingerprint density at radius 2 is 1.89 bits per heavy atom. The van der Waals surface area contributed by atoms with Crippen LogP contribution in [0.5, 0.6) is 5.88 Å². The quantitative estimate of drug-likeness (QED) is 0.219. The lowest BCUT2D eigenvalue weighted by molar-refractivity contribution is 0.103. The maximum atomic E-state index is 14.4. The van der Waals surface area contributed by atoms with Gasteiger partial charge in [-0.05, 0) is 56.6 Å². The normalized spacial score (nSPS) is 14.0. The summed E-state index contributed by atoms with van der Waals surface area (Å²) in [5, 5.41) is 0.441. The van der Waals surface area contributed by atoms with E-state index >= 15 is 0 Å². The Morgan fingerprint density at radius 1 is 1.09 bits per heavy atom. The van der Waals surface area contributed by atoms with E-state index in [-0.39, 0.29) is 11.3 Å². The zero-order valence-electron chi connectivity index (χ0n) is 19.1. The molecule has 1 aliphatic heterocycles. The second-order valence-corrected chi connectivity index (χ2v) is 8.61. The van der Waals surface area contributed by atoms with Gasteiger partial charge in [0, 0.05) is 53.3 Å². The molecule has 0 amide bonds. The number of aromatic nitrogens is 3. The predicted octanol–water partition coefficient (Wildman–Crippen LogP) is 4.58. The van der Waals surface area contributed by atoms with Gasteiger partial charge in [-0.1, -0.05) is 0 Å². The molecule has 5 rings (SSSR count). The number of hydrogen-bond acceptors (Lipinski definition) is 6. The summed E-state index contributed by atoms with van der Waals surface area (Å²) < 4.78 is 34.5. The molecule has 0 radical (unpaired) electrons. The van der Waals surface area contributed by atoms with Crippen molar-refractivity contribution in [1.82, 2.24) is 19.9 Å². The summed E-state index contributed by atoms with van der Waals surface area (Å²) in [6.07, 6.45) is 8.20. The molecule has 0 saturated carbocycles. The van der Waals surface area contributed by atoms with Crippen molar-refractivity contribution in [3.05, 3.63) is 71.7 Å². The number of H-pyrrole nitrogens is 1. The number of rotatable bonds is 8. The summed E-state index contributed by atoms with van der Waals surface area (Å²) in [6, 6.07) is 7.45. The smallest absolute Gasteiger partial charge is 0.213 e. The first-order valence-corrected chi connectivity index (χ1v) is 11.6. The SMILES string of the molecule is Nc1ccc(F)c(C(=O)c2c[nH]c3ncc(-c4ccc(OCCCN5CCCC5)nc4)cc23)c1F. The van der Waals surface area contributed by atoms with Gasteiger partial charge in [0.2, 0.25) is 11.7 Å². The molecule has 7 nitrogen and oxygen atoms in total. The van der Waals surface area contributed by atoms with Crippen LogP contribution in [0.3, 0.4) is 0 Å². The van der Waals surface area contributed by atoms with Crippen molar-refractivity contribution < 1.29 is 18.3 Å². The average Bonchev–Trinajstić information content (AvgIpc) is 3.54. The molecule has 3 aromatic heterocycles. The number of carbonyl (C=O) groups is 1. The van der Waals surface area contributed by atoms with Crippen LogP contribution in [-0.4, -0.2) is 51.9 Å². The molecule has 0 unspecified atom stereocenters. The Hall–Kier alpha value is -3.85. The summed E-state index contributed by atoms with van der Waals surface area (Å²) in [5.41, 5.74) is 6.55. The van der Waals surface area contributed by atoms with Crippen molar-refractivity contribution in [1.29, 1.82) is 0 Å². The van der Waals surface area contributed by atoms with E-state index in [4.69, 9.17) is 10.5 Å². The predicted molar refractivity (Wildman–Crippen MR) is 129 cm³/mol. The average molecular weight is 478 g/mol.